The van der Waals surface area contributed by atoms with Crippen LogP contribution >= 0.6 is 0 Å². The fourth-order valence-corrected chi connectivity index (χ4v) is 2.58. The fraction of sp³-hybridized carbons (Fsp3) is 0.833. The van der Waals surface area contributed by atoms with Gasteiger partial charge < -0.3 is 15.5 Å². The summed E-state index contributed by atoms with van der Waals surface area (Å²) in [7, 11) is 0. The van der Waals surface area contributed by atoms with Gasteiger partial charge in [-0.2, -0.15) is 0 Å². The lowest BCUT2D eigenvalue weighted by molar-refractivity contribution is 0.311. The van der Waals surface area contributed by atoms with Crippen LogP contribution in [0.1, 0.15) is 44.9 Å². The van der Waals surface area contributed by atoms with Crippen LogP contribution in [0.15, 0.2) is 4.42 Å². The monoisotopic (exact) mass is 238 g/mol. The van der Waals surface area contributed by atoms with Crippen LogP contribution in [0.5, 0.6) is 0 Å². The molecule has 3 N–H and O–H groups in total. The van der Waals surface area contributed by atoms with Gasteiger partial charge in [0.25, 0.3) is 0 Å². The number of hydrogen-bond acceptors (Lipinski definition) is 5. The van der Waals surface area contributed by atoms with E-state index in [9.17, 15) is 0 Å². The highest BCUT2D eigenvalue weighted by Gasteiger charge is 2.24. The smallest absolute Gasteiger partial charge is 0.315 e. The van der Waals surface area contributed by atoms with Crippen molar-refractivity contribution >= 4 is 6.01 Å². The normalized spacial score (nSPS) is 24.8. The number of aromatic nitrogens is 2. The van der Waals surface area contributed by atoms with E-state index in [2.05, 4.69) is 22.4 Å². The average Bonchev–Trinajstić information content (AvgIpc) is 2.78. The van der Waals surface area contributed by atoms with Crippen molar-refractivity contribution in [2.45, 2.75) is 51.5 Å². The molecule has 0 aliphatic heterocycles. The van der Waals surface area contributed by atoms with E-state index in [0.717, 1.165) is 5.92 Å². The number of nitrogens with one attached hydrogen (secondary N) is 1. The lowest BCUT2D eigenvalue weighted by Gasteiger charge is -2.30. The first kappa shape index (κ1) is 12.4. The lowest BCUT2D eigenvalue weighted by atomic mass is 9.83. The maximum Gasteiger partial charge on any atom is 0.315 e. The van der Waals surface area contributed by atoms with Crippen LogP contribution in [0.2, 0.25) is 0 Å². The van der Waals surface area contributed by atoms with Crippen LogP contribution in [0.3, 0.4) is 0 Å². The summed E-state index contributed by atoms with van der Waals surface area (Å²) in [6.45, 7) is 2.79. The van der Waals surface area contributed by atoms with E-state index in [1.807, 2.05) is 0 Å². The number of rotatable bonds is 5. The molecule has 96 valence electrons. The van der Waals surface area contributed by atoms with Crippen molar-refractivity contribution in [1.29, 1.82) is 0 Å². The van der Waals surface area contributed by atoms with Gasteiger partial charge in [-0.15, -0.1) is 5.10 Å². The minimum Gasteiger partial charge on any atom is -0.408 e. The molecule has 0 spiro atoms. The van der Waals surface area contributed by atoms with Crippen molar-refractivity contribution in [2.75, 3.05) is 11.9 Å². The number of anilines is 1. The van der Waals surface area contributed by atoms with E-state index in [4.69, 9.17) is 10.2 Å². The van der Waals surface area contributed by atoms with E-state index >= 15 is 0 Å². The SMILES string of the molecule is CCC1CCCCC1Nc1nnc(CCN)o1. The molecule has 0 aromatic carbocycles. The predicted molar refractivity (Wildman–Crippen MR) is 66.7 cm³/mol. The van der Waals surface area contributed by atoms with Crippen molar-refractivity contribution in [3.63, 3.8) is 0 Å². The molecule has 0 bridgehead atoms. The van der Waals surface area contributed by atoms with E-state index in [1.165, 1.54) is 32.1 Å². The zero-order chi connectivity index (χ0) is 12.1. The van der Waals surface area contributed by atoms with Gasteiger partial charge in [-0.1, -0.05) is 31.3 Å². The molecule has 0 saturated heterocycles. The maximum atomic E-state index is 5.51. The molecule has 1 aromatic heterocycles. The summed E-state index contributed by atoms with van der Waals surface area (Å²) >= 11 is 0. The van der Waals surface area contributed by atoms with Gasteiger partial charge in [0.15, 0.2) is 0 Å². The average molecular weight is 238 g/mol. The van der Waals surface area contributed by atoms with Crippen LogP contribution in [0, 0.1) is 5.92 Å². The standard InChI is InChI=1S/C12H22N4O/c1-2-9-5-3-4-6-10(9)14-12-16-15-11(17-12)7-8-13/h9-10H,2-8,13H2,1H3,(H,14,16). The summed E-state index contributed by atoms with van der Waals surface area (Å²) < 4.78 is 5.51. The van der Waals surface area contributed by atoms with Crippen LogP contribution in [-0.4, -0.2) is 22.8 Å². The first-order valence-electron chi connectivity index (χ1n) is 6.62. The third-order valence-corrected chi connectivity index (χ3v) is 3.57. The van der Waals surface area contributed by atoms with Crippen LogP contribution in [0.4, 0.5) is 6.01 Å². The van der Waals surface area contributed by atoms with Crippen LogP contribution < -0.4 is 11.1 Å². The zero-order valence-corrected chi connectivity index (χ0v) is 10.5. The molecule has 1 aliphatic carbocycles. The molecule has 1 aromatic rings. The molecule has 2 unspecified atom stereocenters. The van der Waals surface area contributed by atoms with Gasteiger partial charge in [0, 0.05) is 19.0 Å². The highest BCUT2D eigenvalue weighted by molar-refractivity contribution is 5.20. The Morgan fingerprint density at radius 3 is 2.94 bits per heavy atom. The molecule has 1 heterocycles. The second-order valence-corrected chi connectivity index (χ2v) is 4.74. The van der Waals surface area contributed by atoms with Gasteiger partial charge in [-0.25, -0.2) is 0 Å². The Morgan fingerprint density at radius 1 is 1.35 bits per heavy atom. The molecule has 0 amide bonds. The molecule has 1 saturated carbocycles. The quantitative estimate of drug-likeness (QED) is 0.820. The summed E-state index contributed by atoms with van der Waals surface area (Å²) in [6, 6.07) is 1.04. The molecule has 0 radical (unpaired) electrons. The summed E-state index contributed by atoms with van der Waals surface area (Å²) in [5, 5.41) is 11.4. The first-order valence-corrected chi connectivity index (χ1v) is 6.62. The predicted octanol–water partition coefficient (Wildman–Crippen LogP) is 1.95. The summed E-state index contributed by atoms with van der Waals surface area (Å²) in [4.78, 5) is 0. The van der Waals surface area contributed by atoms with Gasteiger partial charge in [0.2, 0.25) is 5.89 Å². The third kappa shape index (κ3) is 3.19. The van der Waals surface area contributed by atoms with Crippen molar-refractivity contribution in [1.82, 2.24) is 10.2 Å². The second kappa shape index (κ2) is 6.00. The summed E-state index contributed by atoms with van der Waals surface area (Å²) in [5.74, 6) is 1.35. The van der Waals surface area contributed by atoms with Crippen molar-refractivity contribution in [3.05, 3.63) is 5.89 Å². The largest absolute Gasteiger partial charge is 0.408 e. The molecule has 1 aliphatic rings. The summed E-state index contributed by atoms with van der Waals surface area (Å²) in [5.41, 5.74) is 5.45. The van der Waals surface area contributed by atoms with E-state index in [0.29, 0.717) is 30.9 Å². The minimum atomic E-state index is 0.486. The first-order chi connectivity index (χ1) is 8.33. The Morgan fingerprint density at radius 2 is 2.18 bits per heavy atom. The van der Waals surface area contributed by atoms with E-state index in [1.54, 1.807) is 0 Å². The van der Waals surface area contributed by atoms with E-state index < -0.39 is 0 Å². The molecule has 1 fully saturated rings. The molecule has 17 heavy (non-hydrogen) atoms. The molecular weight excluding hydrogens is 216 g/mol. The third-order valence-electron chi connectivity index (χ3n) is 3.57. The Hall–Kier alpha value is -1.10. The van der Waals surface area contributed by atoms with Crippen molar-refractivity contribution < 1.29 is 4.42 Å². The van der Waals surface area contributed by atoms with Crippen molar-refractivity contribution in [2.24, 2.45) is 11.7 Å². The van der Waals surface area contributed by atoms with Gasteiger partial charge >= 0.3 is 6.01 Å². The van der Waals surface area contributed by atoms with Crippen LogP contribution in [0.25, 0.3) is 0 Å². The molecule has 5 heteroatoms. The second-order valence-electron chi connectivity index (χ2n) is 4.74. The molecule has 2 atom stereocenters. The highest BCUT2D eigenvalue weighted by atomic mass is 16.4. The lowest BCUT2D eigenvalue weighted by Crippen LogP contribution is -2.31. The van der Waals surface area contributed by atoms with Crippen LogP contribution in [-0.2, 0) is 6.42 Å². The fourth-order valence-electron chi connectivity index (χ4n) is 2.58. The Balaban J connectivity index is 1.93. The minimum absolute atomic E-state index is 0.486. The Labute approximate surface area is 102 Å². The topological polar surface area (TPSA) is 77.0 Å². The zero-order valence-electron chi connectivity index (χ0n) is 10.5. The number of nitrogens with two attached hydrogens (primary N) is 1. The number of nitrogens with zero attached hydrogens (tertiary/aromatic N) is 2. The molecule has 2 rings (SSSR count). The van der Waals surface area contributed by atoms with E-state index in [-0.39, 0.29) is 0 Å². The Bertz CT molecular complexity index is 339. The highest BCUT2D eigenvalue weighted by Crippen LogP contribution is 2.28. The van der Waals surface area contributed by atoms with Crippen molar-refractivity contribution in [3.8, 4) is 0 Å². The van der Waals surface area contributed by atoms with Gasteiger partial charge in [0.1, 0.15) is 0 Å². The summed E-state index contributed by atoms with van der Waals surface area (Å²) in [6.07, 6.45) is 7.00. The maximum absolute atomic E-state index is 5.51. The van der Waals surface area contributed by atoms with Gasteiger partial charge in [0.05, 0.1) is 0 Å². The van der Waals surface area contributed by atoms with Gasteiger partial charge in [-0.05, 0) is 18.8 Å². The number of hydrogen-bond donors (Lipinski definition) is 2. The molecule has 5 nitrogen and oxygen atoms in total. The molecular formula is C12H22N4O. The van der Waals surface area contributed by atoms with Gasteiger partial charge in [-0.3, -0.25) is 0 Å². The Kier molecular flexibility index (Phi) is 4.36.